The van der Waals surface area contributed by atoms with Crippen LogP contribution in [0.2, 0.25) is 5.31 Å². The van der Waals surface area contributed by atoms with Crippen LogP contribution in [0.3, 0.4) is 0 Å². The van der Waals surface area contributed by atoms with E-state index in [1.54, 1.807) is 0 Å². The molecule has 0 spiro atoms. The first kappa shape index (κ1) is 14.0. The summed E-state index contributed by atoms with van der Waals surface area (Å²) in [6.45, 7) is 3.40. The van der Waals surface area contributed by atoms with E-state index in [-0.39, 0.29) is 5.31 Å². The molecule has 2 radical (unpaired) electrons. The van der Waals surface area contributed by atoms with Gasteiger partial charge in [-0.3, -0.25) is 4.99 Å². The van der Waals surface area contributed by atoms with E-state index in [0.717, 1.165) is 12.5 Å². The van der Waals surface area contributed by atoms with Gasteiger partial charge in [0, 0.05) is 26.6 Å². The number of nitrogens with zero attached hydrogens (tertiary/aromatic N) is 2. The Morgan fingerprint density at radius 3 is 2.72 bits per heavy atom. The monoisotopic (exact) mass is 246 g/mol. The molecule has 3 atom stereocenters. The van der Waals surface area contributed by atoms with Gasteiger partial charge in [0.25, 0.3) is 0 Å². The van der Waals surface area contributed by atoms with Crippen LogP contribution in [0.25, 0.3) is 0 Å². The van der Waals surface area contributed by atoms with Gasteiger partial charge >= 0.3 is 0 Å². The normalized spacial score (nSPS) is 40.8. The van der Waals surface area contributed by atoms with Crippen LogP contribution in [0.4, 0.5) is 0 Å². The predicted molar refractivity (Wildman–Crippen MR) is 79.4 cm³/mol. The van der Waals surface area contributed by atoms with Crippen LogP contribution in [0, 0.1) is 11.8 Å². The number of likely N-dealkylation sites (tertiary alicyclic amines) is 1. The molecule has 1 aliphatic heterocycles. The molecule has 1 saturated heterocycles. The third kappa shape index (κ3) is 3.10. The molecule has 0 aromatic rings. The van der Waals surface area contributed by atoms with Crippen LogP contribution in [0.1, 0.15) is 51.9 Å². The molecule has 1 saturated carbocycles. The third-order valence-corrected chi connectivity index (χ3v) is 4.96. The van der Waals surface area contributed by atoms with E-state index >= 15 is 0 Å². The average Bonchev–Trinajstić information content (AvgIpc) is 2.39. The van der Waals surface area contributed by atoms with Gasteiger partial charge in [-0.1, -0.05) is 37.9 Å². The fraction of sp³-hybridized carbons (Fsp3) is 0.933. The van der Waals surface area contributed by atoms with E-state index in [0.29, 0.717) is 5.92 Å². The van der Waals surface area contributed by atoms with Gasteiger partial charge in [0.1, 0.15) is 5.84 Å². The average molecular weight is 246 g/mol. The Labute approximate surface area is 114 Å². The number of hydrogen-bond acceptors (Lipinski definition) is 1. The lowest BCUT2D eigenvalue weighted by Gasteiger charge is -2.39. The van der Waals surface area contributed by atoms with E-state index in [9.17, 15) is 0 Å². The summed E-state index contributed by atoms with van der Waals surface area (Å²) in [5.74, 6) is 2.83. The zero-order chi connectivity index (χ0) is 13.2. The van der Waals surface area contributed by atoms with Gasteiger partial charge in [0.15, 0.2) is 0 Å². The minimum atomic E-state index is 0.0573. The molecule has 0 amide bonds. The van der Waals surface area contributed by atoms with Gasteiger partial charge in [0.05, 0.1) is 7.85 Å². The second kappa shape index (κ2) is 5.67. The first-order chi connectivity index (χ1) is 8.53. The van der Waals surface area contributed by atoms with Gasteiger partial charge < -0.3 is 4.90 Å². The van der Waals surface area contributed by atoms with E-state index in [4.69, 9.17) is 7.85 Å². The summed E-state index contributed by atoms with van der Waals surface area (Å²) in [7, 11) is 10.5. The lowest BCUT2D eigenvalue weighted by Crippen LogP contribution is -2.43. The zero-order valence-electron chi connectivity index (χ0n) is 12.3. The molecule has 2 nitrogen and oxygen atoms in total. The lowest BCUT2D eigenvalue weighted by atomic mass is 9.63. The molecule has 3 unspecified atom stereocenters. The van der Waals surface area contributed by atoms with E-state index in [1.165, 1.54) is 50.8 Å². The highest BCUT2D eigenvalue weighted by Gasteiger charge is 2.34. The van der Waals surface area contributed by atoms with Crippen molar-refractivity contribution in [2.75, 3.05) is 20.6 Å². The fourth-order valence-corrected chi connectivity index (χ4v) is 3.75. The summed E-state index contributed by atoms with van der Waals surface area (Å²) in [5, 5.41) is 0.0573. The summed E-state index contributed by atoms with van der Waals surface area (Å²) in [6.07, 6.45) is 8.84. The summed E-state index contributed by atoms with van der Waals surface area (Å²) < 4.78 is 0. The third-order valence-electron chi connectivity index (χ3n) is 4.96. The Bertz CT molecular complexity index is 312. The van der Waals surface area contributed by atoms with Gasteiger partial charge in [-0.05, 0) is 25.2 Å². The lowest BCUT2D eigenvalue weighted by molar-refractivity contribution is 0.248. The summed E-state index contributed by atoms with van der Waals surface area (Å²) in [5.41, 5.74) is 0. The Hall–Kier alpha value is -0.465. The van der Waals surface area contributed by atoms with Crippen molar-refractivity contribution in [2.45, 2.75) is 57.2 Å². The maximum absolute atomic E-state index is 6.39. The van der Waals surface area contributed by atoms with Crippen molar-refractivity contribution >= 4 is 13.7 Å². The second-order valence-electron chi connectivity index (χ2n) is 6.60. The molecule has 2 aliphatic rings. The number of rotatable bonds is 0. The number of amidine groups is 1. The first-order valence-electron chi connectivity index (χ1n) is 7.50. The molecule has 0 aromatic heterocycles. The van der Waals surface area contributed by atoms with Gasteiger partial charge in [-0.2, -0.15) is 0 Å². The summed E-state index contributed by atoms with van der Waals surface area (Å²) in [4.78, 5) is 6.93. The smallest absolute Gasteiger partial charge is 0.102 e. The molecule has 1 heterocycles. The van der Waals surface area contributed by atoms with Crippen molar-refractivity contribution in [1.82, 2.24) is 4.90 Å². The maximum atomic E-state index is 6.39. The number of piperidine rings is 1. The topological polar surface area (TPSA) is 15.6 Å². The molecule has 2 rings (SSSR count). The Kier molecular flexibility index (Phi) is 4.39. The maximum Gasteiger partial charge on any atom is 0.102 e. The molecule has 0 N–H and O–H groups in total. The van der Waals surface area contributed by atoms with Crippen LogP contribution in [0.5, 0.6) is 0 Å². The Balaban J connectivity index is 2.12. The minimum absolute atomic E-state index is 0.0573. The van der Waals surface area contributed by atoms with Crippen molar-refractivity contribution in [3.05, 3.63) is 0 Å². The Morgan fingerprint density at radius 1 is 1.22 bits per heavy atom. The van der Waals surface area contributed by atoms with E-state index in [2.05, 4.69) is 23.9 Å². The number of fused-ring (bicyclic) bond motifs is 1. The van der Waals surface area contributed by atoms with E-state index in [1.807, 2.05) is 7.05 Å². The van der Waals surface area contributed by atoms with Crippen molar-refractivity contribution in [3.63, 3.8) is 0 Å². The minimum Gasteiger partial charge on any atom is -0.363 e. The van der Waals surface area contributed by atoms with E-state index < -0.39 is 0 Å². The van der Waals surface area contributed by atoms with Crippen LogP contribution < -0.4 is 0 Å². The van der Waals surface area contributed by atoms with Crippen molar-refractivity contribution in [2.24, 2.45) is 16.8 Å². The summed E-state index contributed by atoms with van der Waals surface area (Å²) in [6, 6.07) is 0. The number of aliphatic imine (C=N–C) groups is 1. The van der Waals surface area contributed by atoms with Crippen LogP contribution in [-0.2, 0) is 0 Å². The SMILES string of the molecule is [B]C1(C)CCCCC2C(=NC)N(C)CCC2CC1. The molecular weight excluding hydrogens is 219 g/mol. The van der Waals surface area contributed by atoms with Gasteiger partial charge in [-0.25, -0.2) is 0 Å². The number of hydrogen-bond donors (Lipinski definition) is 0. The standard InChI is InChI=1S/C15H27BN2/c1-15(16)9-5-4-6-13-12(7-10-15)8-11-18(3)14(13)17-2/h12-13H,4-11H2,1-3H3. The highest BCUT2D eigenvalue weighted by Crippen LogP contribution is 2.42. The highest BCUT2D eigenvalue weighted by molar-refractivity contribution is 6.14. The molecule has 3 heteroatoms. The quantitative estimate of drug-likeness (QED) is 0.599. The van der Waals surface area contributed by atoms with Crippen LogP contribution in [-0.4, -0.2) is 39.2 Å². The predicted octanol–water partition coefficient (Wildman–Crippen LogP) is 3.28. The first-order valence-corrected chi connectivity index (χ1v) is 7.50. The second-order valence-corrected chi connectivity index (χ2v) is 6.60. The van der Waals surface area contributed by atoms with Gasteiger partial charge in [0.2, 0.25) is 0 Å². The van der Waals surface area contributed by atoms with Crippen molar-refractivity contribution < 1.29 is 0 Å². The Morgan fingerprint density at radius 2 is 2.00 bits per heavy atom. The van der Waals surface area contributed by atoms with Crippen LogP contribution >= 0.6 is 0 Å². The molecule has 2 fully saturated rings. The molecule has 100 valence electrons. The molecule has 1 aliphatic carbocycles. The zero-order valence-corrected chi connectivity index (χ0v) is 12.3. The fourth-order valence-electron chi connectivity index (χ4n) is 3.75. The van der Waals surface area contributed by atoms with Crippen molar-refractivity contribution in [3.8, 4) is 0 Å². The largest absolute Gasteiger partial charge is 0.363 e. The van der Waals surface area contributed by atoms with Crippen LogP contribution in [0.15, 0.2) is 4.99 Å². The van der Waals surface area contributed by atoms with Crippen molar-refractivity contribution in [1.29, 1.82) is 0 Å². The molecule has 18 heavy (non-hydrogen) atoms. The highest BCUT2D eigenvalue weighted by atomic mass is 15.2. The van der Waals surface area contributed by atoms with Gasteiger partial charge in [-0.15, -0.1) is 0 Å². The molecule has 0 aromatic carbocycles. The molecular formula is C15H27BN2. The summed E-state index contributed by atoms with van der Waals surface area (Å²) >= 11 is 0. The molecule has 0 bridgehead atoms.